The Kier molecular flexibility index (Phi) is 6.42. The van der Waals surface area contributed by atoms with Crippen LogP contribution in [0.4, 0.5) is 14.6 Å². The van der Waals surface area contributed by atoms with Gasteiger partial charge in [0.2, 0.25) is 0 Å². The molecule has 1 amide bonds. The summed E-state index contributed by atoms with van der Waals surface area (Å²) in [6.45, 7) is 1.80. The molecule has 5 rings (SSSR count). The molecular weight excluding hydrogens is 490 g/mol. The maximum Gasteiger partial charge on any atom is 0.297 e. The lowest BCUT2D eigenvalue weighted by atomic mass is 10.0. The Morgan fingerprint density at radius 1 is 1.25 bits per heavy atom. The molecule has 2 saturated carbocycles. The third-order valence-electron chi connectivity index (χ3n) is 6.49. The fourth-order valence-corrected chi connectivity index (χ4v) is 4.27. The van der Waals surface area contributed by atoms with Crippen LogP contribution in [0.1, 0.15) is 47.2 Å². The van der Waals surface area contributed by atoms with Crippen LogP contribution in [0.2, 0.25) is 0 Å². The average molecular weight is 515 g/mol. The van der Waals surface area contributed by atoms with Gasteiger partial charge in [0, 0.05) is 35.1 Å². The molecule has 3 aromatic rings. The predicted octanol–water partition coefficient (Wildman–Crippen LogP) is 4.43. The molecule has 7 nitrogen and oxygen atoms in total. The molecule has 10 heteroatoms. The van der Waals surface area contributed by atoms with Gasteiger partial charge in [-0.25, -0.2) is 13.8 Å². The van der Waals surface area contributed by atoms with Gasteiger partial charge in [0.1, 0.15) is 24.0 Å². The highest BCUT2D eigenvalue weighted by Crippen LogP contribution is 2.51. The van der Waals surface area contributed by atoms with Crippen molar-refractivity contribution in [3.8, 4) is 11.4 Å². The Morgan fingerprint density at radius 3 is 2.72 bits per heavy atom. The number of nitrogens with zero attached hydrogens (tertiary/aromatic N) is 2. The van der Waals surface area contributed by atoms with Crippen molar-refractivity contribution in [2.75, 3.05) is 17.8 Å². The third kappa shape index (κ3) is 4.80. The smallest absolute Gasteiger partial charge is 0.297 e. The van der Waals surface area contributed by atoms with Crippen molar-refractivity contribution in [2.24, 2.45) is 0 Å². The van der Waals surface area contributed by atoms with E-state index in [1.54, 1.807) is 13.0 Å². The monoisotopic (exact) mass is 514 g/mol. The second-order valence-corrected chi connectivity index (χ2v) is 9.56. The number of ether oxygens (including phenoxy) is 1. The molecule has 0 bridgehead atoms. The summed E-state index contributed by atoms with van der Waals surface area (Å²) in [6.07, 6.45) is 5.91. The molecule has 2 fully saturated rings. The predicted molar refractivity (Wildman–Crippen MR) is 132 cm³/mol. The highest BCUT2D eigenvalue weighted by Gasteiger charge is 2.47. The van der Waals surface area contributed by atoms with Crippen LogP contribution in [-0.2, 0) is 5.54 Å². The van der Waals surface area contributed by atoms with Crippen LogP contribution < -0.4 is 20.9 Å². The second kappa shape index (κ2) is 9.54. The lowest BCUT2D eigenvalue weighted by Gasteiger charge is -2.22. The number of rotatable bonds is 9. The second-order valence-electron chi connectivity index (χ2n) is 9.19. The van der Waals surface area contributed by atoms with Crippen LogP contribution >= 0.6 is 11.6 Å². The summed E-state index contributed by atoms with van der Waals surface area (Å²) in [7, 11) is 0. The van der Waals surface area contributed by atoms with Crippen LogP contribution in [0.15, 0.2) is 47.5 Å². The van der Waals surface area contributed by atoms with E-state index in [0.29, 0.717) is 24.2 Å². The largest absolute Gasteiger partial charge is 0.492 e. The SMILES string of the molecule is Cc1c(F)cc(C(=O)NC2CC2)cc1-n1ccnc(NC2(c3cc(F)ccc3OCCCl)CC2)c1=O. The minimum Gasteiger partial charge on any atom is -0.492 e. The van der Waals surface area contributed by atoms with Crippen LogP contribution in [0.25, 0.3) is 5.69 Å². The Balaban J connectivity index is 1.50. The molecule has 1 aromatic heterocycles. The van der Waals surface area contributed by atoms with E-state index in [9.17, 15) is 18.4 Å². The maximum absolute atomic E-state index is 14.8. The van der Waals surface area contributed by atoms with Gasteiger partial charge in [-0.15, -0.1) is 11.6 Å². The lowest BCUT2D eigenvalue weighted by Crippen LogP contribution is -2.30. The van der Waals surface area contributed by atoms with Crippen molar-refractivity contribution in [3.05, 3.63) is 81.4 Å². The standard InChI is InChI=1S/C26H25ClF2N4O3/c1-15-20(29)12-16(24(34)31-18-3-4-18)13-21(15)33-10-9-30-23(25(33)35)32-26(6-7-26)19-14-17(28)2-5-22(19)36-11-8-27/h2,5,9-10,12-14,18H,3-4,6-8,11H2,1H3,(H,30,32)(H,31,34). The van der Waals surface area contributed by atoms with Crippen molar-refractivity contribution in [1.82, 2.24) is 14.9 Å². The normalized spacial score (nSPS) is 15.9. The zero-order chi connectivity index (χ0) is 25.4. The van der Waals surface area contributed by atoms with E-state index in [1.807, 2.05) is 0 Å². The van der Waals surface area contributed by atoms with Crippen molar-refractivity contribution in [1.29, 1.82) is 0 Å². The molecule has 188 valence electrons. The molecule has 0 saturated heterocycles. The molecule has 2 N–H and O–H groups in total. The van der Waals surface area contributed by atoms with Crippen LogP contribution in [0, 0.1) is 18.6 Å². The number of benzene rings is 2. The molecule has 0 spiro atoms. The number of amides is 1. The minimum absolute atomic E-state index is 0.0233. The van der Waals surface area contributed by atoms with Crippen molar-refractivity contribution in [3.63, 3.8) is 0 Å². The summed E-state index contributed by atoms with van der Waals surface area (Å²) in [5, 5.41) is 6.01. The van der Waals surface area contributed by atoms with E-state index in [4.69, 9.17) is 16.3 Å². The first kappa shape index (κ1) is 24.2. The van der Waals surface area contributed by atoms with Gasteiger partial charge in [-0.2, -0.15) is 0 Å². The summed E-state index contributed by atoms with van der Waals surface area (Å²) in [4.78, 5) is 30.2. The van der Waals surface area contributed by atoms with Gasteiger partial charge in [-0.1, -0.05) is 0 Å². The van der Waals surface area contributed by atoms with Gasteiger partial charge in [0.15, 0.2) is 5.82 Å². The van der Waals surface area contributed by atoms with Gasteiger partial charge in [-0.3, -0.25) is 14.2 Å². The van der Waals surface area contributed by atoms with E-state index in [0.717, 1.165) is 12.8 Å². The molecule has 36 heavy (non-hydrogen) atoms. The molecular formula is C26H25ClF2N4O3. The van der Waals surface area contributed by atoms with Crippen molar-refractivity contribution >= 4 is 23.3 Å². The lowest BCUT2D eigenvalue weighted by molar-refractivity contribution is 0.0950. The van der Waals surface area contributed by atoms with Crippen molar-refractivity contribution < 1.29 is 18.3 Å². The summed E-state index contributed by atoms with van der Waals surface area (Å²) < 4.78 is 35.9. The summed E-state index contributed by atoms with van der Waals surface area (Å²) >= 11 is 5.75. The molecule has 1 heterocycles. The zero-order valence-electron chi connectivity index (χ0n) is 19.6. The molecule has 2 aliphatic carbocycles. The Bertz CT molecular complexity index is 1390. The fourth-order valence-electron chi connectivity index (χ4n) is 4.19. The molecule has 0 aliphatic heterocycles. The average Bonchev–Trinajstić information content (AvgIpc) is 3.79. The van der Waals surface area contributed by atoms with E-state index in [-0.39, 0.29) is 47.1 Å². The highest BCUT2D eigenvalue weighted by molar-refractivity contribution is 6.18. The number of halogens is 3. The van der Waals surface area contributed by atoms with Gasteiger partial charge in [0.05, 0.1) is 17.1 Å². The van der Waals surface area contributed by atoms with E-state index in [1.165, 1.54) is 41.2 Å². The van der Waals surface area contributed by atoms with Crippen LogP contribution in [-0.4, -0.2) is 34.0 Å². The van der Waals surface area contributed by atoms with Crippen LogP contribution in [0.5, 0.6) is 5.75 Å². The molecule has 0 atom stereocenters. The molecule has 2 aromatic carbocycles. The first-order valence-corrected chi connectivity index (χ1v) is 12.3. The Hall–Kier alpha value is -3.46. The number of hydrogen-bond donors (Lipinski definition) is 2. The van der Waals surface area contributed by atoms with E-state index >= 15 is 0 Å². The fraction of sp³-hybridized carbons (Fsp3) is 0.346. The first-order chi connectivity index (χ1) is 17.3. The first-order valence-electron chi connectivity index (χ1n) is 11.8. The van der Waals surface area contributed by atoms with Gasteiger partial charge >= 0.3 is 0 Å². The minimum atomic E-state index is -0.735. The molecule has 2 aliphatic rings. The number of carbonyl (C=O) groups excluding carboxylic acids is 1. The van der Waals surface area contributed by atoms with E-state index in [2.05, 4.69) is 15.6 Å². The number of aromatic nitrogens is 2. The van der Waals surface area contributed by atoms with Crippen molar-refractivity contribution in [2.45, 2.75) is 44.2 Å². The van der Waals surface area contributed by atoms with Gasteiger partial charge in [0.25, 0.3) is 11.5 Å². The summed E-state index contributed by atoms with van der Waals surface area (Å²) in [6, 6.07) is 7.01. The number of alkyl halides is 1. The maximum atomic E-state index is 14.8. The zero-order valence-corrected chi connectivity index (χ0v) is 20.4. The number of anilines is 1. The third-order valence-corrected chi connectivity index (χ3v) is 6.65. The van der Waals surface area contributed by atoms with Crippen LogP contribution in [0.3, 0.4) is 0 Å². The summed E-state index contributed by atoms with van der Waals surface area (Å²) in [5.41, 5.74) is -0.0802. The number of hydrogen-bond acceptors (Lipinski definition) is 5. The molecule has 0 unspecified atom stereocenters. The van der Waals surface area contributed by atoms with E-state index < -0.39 is 22.7 Å². The Labute approximate surface area is 211 Å². The quantitative estimate of drug-likeness (QED) is 0.413. The highest BCUT2D eigenvalue weighted by atomic mass is 35.5. The summed E-state index contributed by atoms with van der Waals surface area (Å²) in [5.74, 6) is -0.629. The number of carbonyl (C=O) groups is 1. The van der Waals surface area contributed by atoms with Gasteiger partial charge < -0.3 is 15.4 Å². The topological polar surface area (TPSA) is 85.2 Å². The van der Waals surface area contributed by atoms with Gasteiger partial charge in [-0.05, 0) is 62.9 Å². The number of nitrogens with one attached hydrogen (secondary N) is 2. The molecule has 0 radical (unpaired) electrons. The Morgan fingerprint density at radius 2 is 2.03 bits per heavy atom.